The van der Waals surface area contributed by atoms with Gasteiger partial charge in [0, 0.05) is 29.0 Å². The molecule has 2 atom stereocenters. The molecule has 5 rings (SSSR count). The molecule has 1 aliphatic rings. The second-order valence-electron chi connectivity index (χ2n) is 7.95. The summed E-state index contributed by atoms with van der Waals surface area (Å²) in [4.78, 5) is 6.73. The number of nitrogens with zero attached hydrogens (tertiary/aromatic N) is 3. The van der Waals surface area contributed by atoms with Crippen LogP contribution in [-0.4, -0.2) is 26.9 Å². The average Bonchev–Trinajstić information content (AvgIpc) is 3.39. The van der Waals surface area contributed by atoms with E-state index in [0.717, 1.165) is 34.2 Å². The predicted molar refractivity (Wildman–Crippen MR) is 133 cm³/mol. The van der Waals surface area contributed by atoms with Gasteiger partial charge in [0.05, 0.1) is 18.8 Å². The molecule has 0 spiro atoms. The van der Waals surface area contributed by atoms with Crippen molar-refractivity contribution in [3.05, 3.63) is 102 Å². The van der Waals surface area contributed by atoms with Crippen LogP contribution in [0.2, 0.25) is 0 Å². The van der Waals surface area contributed by atoms with E-state index < -0.39 is 0 Å². The monoisotopic (exact) mass is 456 g/mol. The van der Waals surface area contributed by atoms with Gasteiger partial charge in [0.2, 0.25) is 0 Å². The first kappa shape index (κ1) is 21.0. The summed E-state index contributed by atoms with van der Waals surface area (Å²) in [5, 5.41) is 13.9. The molecule has 1 aliphatic heterocycles. The van der Waals surface area contributed by atoms with Crippen molar-refractivity contribution >= 4 is 23.0 Å². The van der Waals surface area contributed by atoms with Crippen molar-refractivity contribution in [3.63, 3.8) is 0 Å². The Morgan fingerprint density at radius 3 is 2.33 bits per heavy atom. The molecule has 0 unspecified atom stereocenters. The Hall–Kier alpha value is -3.84. The maximum atomic E-state index is 9.83. The molecular weight excluding hydrogens is 432 g/mol. The third-order valence-corrected chi connectivity index (χ3v) is 6.28. The van der Waals surface area contributed by atoms with Crippen LogP contribution in [0.3, 0.4) is 0 Å². The number of methoxy groups -OCH3 is 1. The van der Waals surface area contributed by atoms with Crippen molar-refractivity contribution in [1.29, 1.82) is 0 Å². The van der Waals surface area contributed by atoms with Gasteiger partial charge < -0.3 is 24.6 Å². The smallest absolute Gasteiger partial charge is 0.174 e. The number of thiocarbonyl (C=S) groups is 1. The number of aryl methyl sites for hydroxylation is 1. The number of benzene rings is 2. The van der Waals surface area contributed by atoms with Gasteiger partial charge in [0.15, 0.2) is 5.11 Å². The molecule has 33 heavy (non-hydrogen) atoms. The number of aromatic hydroxyl groups is 1. The summed E-state index contributed by atoms with van der Waals surface area (Å²) in [7, 11) is 1.67. The lowest BCUT2D eigenvalue weighted by Crippen LogP contribution is -2.30. The highest BCUT2D eigenvalue weighted by Crippen LogP contribution is 2.43. The van der Waals surface area contributed by atoms with E-state index in [0.29, 0.717) is 5.11 Å². The zero-order valence-electron chi connectivity index (χ0n) is 18.3. The fraction of sp³-hybridized carbons (Fsp3) is 0.154. The molecule has 2 aromatic heterocycles. The molecule has 1 saturated heterocycles. The first-order valence-corrected chi connectivity index (χ1v) is 11.1. The van der Waals surface area contributed by atoms with Crippen molar-refractivity contribution in [2.45, 2.75) is 19.0 Å². The number of ether oxygens (including phenoxy) is 1. The minimum Gasteiger partial charge on any atom is -0.508 e. The molecule has 3 heterocycles. The zero-order valence-corrected chi connectivity index (χ0v) is 19.2. The van der Waals surface area contributed by atoms with Gasteiger partial charge >= 0.3 is 0 Å². The van der Waals surface area contributed by atoms with E-state index in [4.69, 9.17) is 17.0 Å². The van der Waals surface area contributed by atoms with Gasteiger partial charge in [-0.1, -0.05) is 6.07 Å². The summed E-state index contributed by atoms with van der Waals surface area (Å²) in [6.07, 6.45) is 1.80. The normalized spacial score (nSPS) is 17.8. The summed E-state index contributed by atoms with van der Waals surface area (Å²) in [5.74, 6) is 1.03. The maximum absolute atomic E-state index is 9.83. The Bertz CT molecular complexity index is 1270. The highest BCUT2D eigenvalue weighted by Gasteiger charge is 2.42. The molecule has 2 aromatic carbocycles. The van der Waals surface area contributed by atoms with Crippen LogP contribution >= 0.6 is 12.2 Å². The summed E-state index contributed by atoms with van der Waals surface area (Å²) in [6, 6.07) is 25.0. The molecule has 7 heteroatoms. The second kappa shape index (κ2) is 8.60. The van der Waals surface area contributed by atoms with Gasteiger partial charge in [-0.3, -0.25) is 4.98 Å². The minimum absolute atomic E-state index is 0.154. The average molecular weight is 457 g/mol. The summed E-state index contributed by atoms with van der Waals surface area (Å²) >= 11 is 5.81. The quantitative estimate of drug-likeness (QED) is 0.409. The largest absolute Gasteiger partial charge is 0.508 e. The number of hydrogen-bond donors (Lipinski definition) is 2. The van der Waals surface area contributed by atoms with Gasteiger partial charge in [-0.05, 0) is 91.9 Å². The highest BCUT2D eigenvalue weighted by atomic mass is 32.1. The molecule has 2 N–H and O–H groups in total. The van der Waals surface area contributed by atoms with Crippen molar-refractivity contribution in [1.82, 2.24) is 14.9 Å². The number of aromatic nitrogens is 2. The van der Waals surface area contributed by atoms with E-state index >= 15 is 0 Å². The van der Waals surface area contributed by atoms with Crippen LogP contribution in [0.1, 0.15) is 29.2 Å². The summed E-state index contributed by atoms with van der Waals surface area (Å²) in [6.45, 7) is 2.09. The number of hydrogen-bond acceptors (Lipinski definition) is 4. The molecule has 166 valence electrons. The molecule has 0 saturated carbocycles. The van der Waals surface area contributed by atoms with Crippen LogP contribution in [0.15, 0.2) is 85.1 Å². The van der Waals surface area contributed by atoms with E-state index in [-0.39, 0.29) is 17.8 Å². The Morgan fingerprint density at radius 1 is 0.939 bits per heavy atom. The van der Waals surface area contributed by atoms with Crippen LogP contribution in [0.25, 0.3) is 5.69 Å². The molecule has 0 amide bonds. The minimum atomic E-state index is -0.159. The van der Waals surface area contributed by atoms with E-state index in [9.17, 15) is 5.11 Å². The second-order valence-corrected chi connectivity index (χ2v) is 8.33. The Balaban J connectivity index is 1.67. The summed E-state index contributed by atoms with van der Waals surface area (Å²) in [5.41, 5.74) is 5.03. The molecule has 0 radical (unpaired) electrons. The number of anilines is 1. The molecule has 0 aliphatic carbocycles. The van der Waals surface area contributed by atoms with Crippen molar-refractivity contribution < 1.29 is 9.84 Å². The van der Waals surface area contributed by atoms with Crippen LogP contribution in [-0.2, 0) is 0 Å². The highest BCUT2D eigenvalue weighted by molar-refractivity contribution is 7.80. The zero-order chi connectivity index (χ0) is 22.9. The van der Waals surface area contributed by atoms with Gasteiger partial charge in [-0.25, -0.2) is 0 Å². The maximum Gasteiger partial charge on any atom is 0.174 e. The standard InChI is InChI=1S/C26H24N4O2S/c1-17-6-15-23(29(17)18-9-13-21(32-2)14-10-18)25-24(22-5-3-4-16-27-22)28-26(33)30(25)19-7-11-20(31)12-8-19/h3-16,24-25,31H,1-2H3,(H,28,33)/t24-,25-/m1/s1. The summed E-state index contributed by atoms with van der Waals surface area (Å²) < 4.78 is 7.59. The van der Waals surface area contributed by atoms with Crippen molar-refractivity contribution in [2.75, 3.05) is 12.0 Å². The Morgan fingerprint density at radius 2 is 1.67 bits per heavy atom. The molecular formula is C26H24N4O2S. The van der Waals surface area contributed by atoms with Gasteiger partial charge in [-0.2, -0.15) is 0 Å². The molecule has 0 bridgehead atoms. The number of phenolic OH excluding ortho intramolecular Hbond substituents is 1. The van der Waals surface area contributed by atoms with Gasteiger partial charge in [0.25, 0.3) is 0 Å². The first-order valence-electron chi connectivity index (χ1n) is 10.7. The van der Waals surface area contributed by atoms with Crippen molar-refractivity contribution in [2.24, 2.45) is 0 Å². The molecule has 1 fully saturated rings. The lowest BCUT2D eigenvalue weighted by Gasteiger charge is -2.29. The number of phenols is 1. The molecule has 6 nitrogen and oxygen atoms in total. The van der Waals surface area contributed by atoms with Gasteiger partial charge in [-0.15, -0.1) is 0 Å². The molecule has 4 aromatic rings. The van der Waals surface area contributed by atoms with E-state index in [1.807, 2.05) is 42.5 Å². The first-order chi connectivity index (χ1) is 16.1. The predicted octanol–water partition coefficient (Wildman–Crippen LogP) is 5.07. The topological polar surface area (TPSA) is 62.5 Å². The van der Waals surface area contributed by atoms with E-state index in [2.05, 4.69) is 51.0 Å². The van der Waals surface area contributed by atoms with E-state index in [1.165, 1.54) is 0 Å². The van der Waals surface area contributed by atoms with E-state index in [1.54, 1.807) is 25.4 Å². The Labute approximate surface area is 198 Å². The van der Waals surface area contributed by atoms with Crippen LogP contribution in [0.4, 0.5) is 5.69 Å². The fourth-order valence-electron chi connectivity index (χ4n) is 4.42. The number of pyridine rings is 1. The van der Waals surface area contributed by atoms with Crippen LogP contribution in [0.5, 0.6) is 11.5 Å². The number of nitrogens with one attached hydrogen (secondary N) is 1. The lowest BCUT2D eigenvalue weighted by molar-refractivity contribution is 0.414. The van der Waals surface area contributed by atoms with Crippen molar-refractivity contribution in [3.8, 4) is 17.2 Å². The fourth-order valence-corrected chi connectivity index (χ4v) is 4.77. The number of rotatable bonds is 5. The van der Waals surface area contributed by atoms with Crippen LogP contribution in [0, 0.1) is 6.92 Å². The third-order valence-electron chi connectivity index (χ3n) is 5.97. The van der Waals surface area contributed by atoms with Crippen LogP contribution < -0.4 is 15.0 Å². The SMILES string of the molecule is COc1ccc(-n2c(C)ccc2[C@@H]2[C@@H](c3ccccn3)NC(=S)N2c2ccc(O)cc2)cc1. The Kier molecular flexibility index (Phi) is 5.48. The lowest BCUT2D eigenvalue weighted by atomic mass is 10.0. The van der Waals surface area contributed by atoms with Gasteiger partial charge in [0.1, 0.15) is 17.5 Å². The third kappa shape index (κ3) is 3.81.